The Morgan fingerprint density at radius 1 is 0.864 bits per heavy atom. The number of benzene rings is 4. The van der Waals surface area contributed by atoms with Crippen molar-refractivity contribution in [2.24, 2.45) is 5.92 Å². The van der Waals surface area contributed by atoms with Crippen LogP contribution in [0.1, 0.15) is 58.4 Å². The topological polar surface area (TPSA) is 91.3 Å². The Balaban J connectivity index is 1.22. The summed E-state index contributed by atoms with van der Waals surface area (Å²) in [6.07, 6.45) is -0.369. The van der Waals surface area contributed by atoms with E-state index in [4.69, 9.17) is 9.47 Å². The molecule has 2 aliphatic heterocycles. The summed E-state index contributed by atoms with van der Waals surface area (Å²) in [6, 6.07) is 33.6. The number of β-amino-alcohol motifs (C(OH)–C–C–N with tert-alkyl or cyclic N) is 1. The molecule has 0 radical (unpaired) electrons. The van der Waals surface area contributed by atoms with Crippen molar-refractivity contribution < 1.29 is 24.5 Å². The smallest absolute Gasteiger partial charge is 0.251 e. The van der Waals surface area contributed by atoms with Gasteiger partial charge < -0.3 is 25.0 Å². The first-order chi connectivity index (χ1) is 21.5. The predicted molar refractivity (Wildman–Crippen MR) is 170 cm³/mol. The summed E-state index contributed by atoms with van der Waals surface area (Å²) in [5, 5.41) is 22.7. The predicted octanol–water partition coefficient (Wildman–Crippen LogP) is 5.63. The van der Waals surface area contributed by atoms with E-state index in [-0.39, 0.29) is 36.7 Å². The molecule has 2 heterocycles. The molecule has 4 aromatic rings. The van der Waals surface area contributed by atoms with E-state index in [0.717, 1.165) is 52.9 Å². The molecule has 0 spiro atoms. The van der Waals surface area contributed by atoms with Gasteiger partial charge in [0, 0.05) is 43.2 Å². The molecule has 7 nitrogen and oxygen atoms in total. The maximum absolute atomic E-state index is 12.6. The number of carbonyl (C=O) groups is 1. The molecule has 44 heavy (non-hydrogen) atoms. The van der Waals surface area contributed by atoms with Crippen molar-refractivity contribution in [3.05, 3.63) is 131 Å². The molecule has 2 aliphatic rings. The maximum Gasteiger partial charge on any atom is 0.251 e. The molecule has 6 rings (SSSR count). The summed E-state index contributed by atoms with van der Waals surface area (Å²) in [5.74, 6) is -0.0210. The lowest BCUT2D eigenvalue weighted by atomic mass is 9.90. The summed E-state index contributed by atoms with van der Waals surface area (Å²) in [6.45, 7) is 4.83. The van der Waals surface area contributed by atoms with Crippen molar-refractivity contribution in [1.82, 2.24) is 10.2 Å². The Hall–Kier alpha value is -3.85. The van der Waals surface area contributed by atoms with E-state index in [0.29, 0.717) is 18.7 Å². The number of hydrogen-bond acceptors (Lipinski definition) is 6. The van der Waals surface area contributed by atoms with E-state index in [9.17, 15) is 15.0 Å². The second-order valence-corrected chi connectivity index (χ2v) is 11.9. The molecule has 0 unspecified atom stereocenters. The van der Waals surface area contributed by atoms with Crippen molar-refractivity contribution in [3.63, 3.8) is 0 Å². The van der Waals surface area contributed by atoms with Gasteiger partial charge in [-0.05, 0) is 58.5 Å². The fourth-order valence-electron chi connectivity index (χ4n) is 6.16. The van der Waals surface area contributed by atoms with Gasteiger partial charge in [-0.25, -0.2) is 0 Å². The first-order valence-corrected chi connectivity index (χ1v) is 15.4. The average Bonchev–Trinajstić information content (AvgIpc) is 3.49. The monoisotopic (exact) mass is 592 g/mol. The molecule has 0 saturated carbocycles. The lowest BCUT2D eigenvalue weighted by Crippen LogP contribution is -2.44. The number of amides is 1. The van der Waals surface area contributed by atoms with Gasteiger partial charge in [0.2, 0.25) is 0 Å². The first kappa shape index (κ1) is 30.2. The van der Waals surface area contributed by atoms with Crippen molar-refractivity contribution in [3.8, 4) is 11.1 Å². The maximum atomic E-state index is 12.6. The molecule has 0 bridgehead atoms. The van der Waals surface area contributed by atoms with Gasteiger partial charge in [0.1, 0.15) is 0 Å². The largest absolute Gasteiger partial charge is 0.392 e. The molecule has 3 N–H and O–H groups in total. The Labute approximate surface area is 259 Å². The van der Waals surface area contributed by atoms with Crippen molar-refractivity contribution in [1.29, 1.82) is 0 Å². The SMILES string of the molecule is C[C@@H]1[C@H](CN2CC[C@H](O)C2)O[C@H](c2cccc(-c3cccc(CNC(=O)c4ccccc4)c3)c2)O[C@@H]1c1ccc(CO)cc1. The fraction of sp³-hybridized carbons (Fsp3) is 0.324. The first-order valence-electron chi connectivity index (χ1n) is 15.4. The normalized spacial score (nSPS) is 23.8. The Morgan fingerprint density at radius 3 is 2.34 bits per heavy atom. The van der Waals surface area contributed by atoms with Crippen LogP contribution < -0.4 is 5.32 Å². The van der Waals surface area contributed by atoms with Crippen LogP contribution in [0, 0.1) is 5.92 Å². The molecule has 0 aromatic heterocycles. The number of nitrogens with zero attached hydrogens (tertiary/aromatic N) is 1. The van der Waals surface area contributed by atoms with E-state index >= 15 is 0 Å². The fourth-order valence-corrected chi connectivity index (χ4v) is 6.16. The third-order valence-corrected chi connectivity index (χ3v) is 8.72. The van der Waals surface area contributed by atoms with Crippen LogP contribution in [0.15, 0.2) is 103 Å². The molecule has 5 atom stereocenters. The van der Waals surface area contributed by atoms with Crippen LogP contribution in [0.4, 0.5) is 0 Å². The second-order valence-electron chi connectivity index (χ2n) is 11.9. The van der Waals surface area contributed by atoms with Crippen LogP contribution in [0.3, 0.4) is 0 Å². The molecule has 2 fully saturated rings. The van der Waals surface area contributed by atoms with Crippen LogP contribution in [0.2, 0.25) is 0 Å². The van der Waals surface area contributed by atoms with E-state index in [1.54, 1.807) is 12.1 Å². The number of rotatable bonds is 9. The molecule has 7 heteroatoms. The summed E-state index contributed by atoms with van der Waals surface area (Å²) in [5.41, 5.74) is 6.57. The standard InChI is InChI=1S/C37H40N2O5/c1-25-34(23-39-18-17-33(41)22-39)43-37(44-35(25)28-15-13-26(24-40)14-16-28)32-12-6-11-31(20-32)30-10-5-7-27(19-30)21-38-36(42)29-8-3-2-4-9-29/h2-16,19-20,25,33-35,37,40-41H,17-18,21-24H2,1H3,(H,38,42)/t25-,33+,34+,35+,37+/m1/s1. The van der Waals surface area contributed by atoms with E-state index in [1.165, 1.54) is 0 Å². The van der Waals surface area contributed by atoms with Gasteiger partial charge in [-0.15, -0.1) is 0 Å². The zero-order chi connectivity index (χ0) is 30.5. The number of hydrogen-bond donors (Lipinski definition) is 3. The quantitative estimate of drug-likeness (QED) is 0.233. The van der Waals surface area contributed by atoms with E-state index < -0.39 is 6.29 Å². The molecule has 4 aromatic carbocycles. The minimum Gasteiger partial charge on any atom is -0.392 e. The summed E-state index contributed by atoms with van der Waals surface area (Å²) in [4.78, 5) is 14.8. The highest BCUT2D eigenvalue weighted by atomic mass is 16.7. The molecule has 0 aliphatic carbocycles. The van der Waals surface area contributed by atoms with Crippen LogP contribution in [0.25, 0.3) is 11.1 Å². The highest BCUT2D eigenvalue weighted by Crippen LogP contribution is 2.42. The minimum absolute atomic E-state index is 0.000391. The number of likely N-dealkylation sites (tertiary alicyclic amines) is 1. The molecule has 2 saturated heterocycles. The summed E-state index contributed by atoms with van der Waals surface area (Å²) < 4.78 is 13.3. The van der Waals surface area contributed by atoms with Crippen molar-refractivity contribution in [2.45, 2.75) is 51.1 Å². The van der Waals surface area contributed by atoms with Gasteiger partial charge >= 0.3 is 0 Å². The third kappa shape index (κ3) is 7.09. The Bertz CT molecular complexity index is 1540. The van der Waals surface area contributed by atoms with Crippen LogP contribution in [-0.4, -0.2) is 52.9 Å². The van der Waals surface area contributed by atoms with Crippen LogP contribution in [0.5, 0.6) is 0 Å². The zero-order valence-electron chi connectivity index (χ0n) is 25.0. The number of carbonyl (C=O) groups excluding carboxylic acids is 1. The molecular formula is C37H40N2O5. The summed E-state index contributed by atoms with van der Waals surface area (Å²) >= 11 is 0. The van der Waals surface area contributed by atoms with Crippen LogP contribution in [-0.2, 0) is 22.6 Å². The van der Waals surface area contributed by atoms with Gasteiger partial charge in [-0.1, -0.05) is 85.8 Å². The van der Waals surface area contributed by atoms with E-state index in [2.05, 4.69) is 41.4 Å². The number of ether oxygens (including phenoxy) is 2. The second kappa shape index (κ2) is 13.8. The van der Waals surface area contributed by atoms with Gasteiger partial charge in [0.25, 0.3) is 5.91 Å². The molecule has 1 amide bonds. The number of aliphatic hydroxyl groups is 2. The lowest BCUT2D eigenvalue weighted by Gasteiger charge is -2.42. The summed E-state index contributed by atoms with van der Waals surface area (Å²) in [7, 11) is 0. The third-order valence-electron chi connectivity index (χ3n) is 8.72. The average molecular weight is 593 g/mol. The Kier molecular flexibility index (Phi) is 9.50. The van der Waals surface area contributed by atoms with Gasteiger partial charge in [0.15, 0.2) is 6.29 Å². The van der Waals surface area contributed by atoms with Crippen LogP contribution >= 0.6 is 0 Å². The number of nitrogens with one attached hydrogen (secondary N) is 1. The van der Waals surface area contributed by atoms with Crippen molar-refractivity contribution >= 4 is 5.91 Å². The van der Waals surface area contributed by atoms with Gasteiger partial charge in [-0.2, -0.15) is 0 Å². The molecular weight excluding hydrogens is 552 g/mol. The van der Waals surface area contributed by atoms with Gasteiger partial charge in [-0.3, -0.25) is 9.69 Å². The highest BCUT2D eigenvalue weighted by molar-refractivity contribution is 5.94. The molecule has 228 valence electrons. The lowest BCUT2D eigenvalue weighted by molar-refractivity contribution is -0.276. The van der Waals surface area contributed by atoms with Gasteiger partial charge in [0.05, 0.1) is 24.9 Å². The van der Waals surface area contributed by atoms with E-state index in [1.807, 2.05) is 66.7 Å². The highest BCUT2D eigenvalue weighted by Gasteiger charge is 2.40. The van der Waals surface area contributed by atoms with Crippen molar-refractivity contribution in [2.75, 3.05) is 19.6 Å². The Morgan fingerprint density at radius 2 is 1.61 bits per heavy atom. The zero-order valence-corrected chi connectivity index (χ0v) is 25.0. The minimum atomic E-state index is -0.570. The number of aliphatic hydroxyl groups excluding tert-OH is 2.